The molecule has 1 aliphatic heterocycles. The molecule has 9 nitrogen and oxygen atoms in total. The fourth-order valence-corrected chi connectivity index (χ4v) is 4.11. The van der Waals surface area contributed by atoms with Gasteiger partial charge in [-0.25, -0.2) is 9.67 Å². The molecule has 0 radical (unpaired) electrons. The number of benzene rings is 1. The van der Waals surface area contributed by atoms with E-state index in [1.165, 1.54) is 0 Å². The lowest BCUT2D eigenvalue weighted by atomic mass is 10.1. The number of nitrogens with zero attached hydrogens (tertiary/aromatic N) is 5. The number of piperidine rings is 1. The number of fused-ring (bicyclic) bond motifs is 1. The van der Waals surface area contributed by atoms with Crippen molar-refractivity contribution < 1.29 is 4.79 Å². The molecule has 1 aliphatic rings. The molecular weight excluding hydrogens is 412 g/mol. The average molecular weight is 437 g/mol. The molecule has 10 heteroatoms. The van der Waals surface area contributed by atoms with Crippen LogP contribution in [0.25, 0.3) is 10.8 Å². The van der Waals surface area contributed by atoms with Gasteiger partial charge in [0.1, 0.15) is 10.9 Å². The second-order valence-electron chi connectivity index (χ2n) is 7.69. The molecule has 3 aromatic rings. The molecule has 0 unspecified atom stereocenters. The number of hydrogen-bond donors (Lipinski definition) is 3. The molecule has 31 heavy (non-hydrogen) atoms. The molecule has 1 amide bonds. The number of anilines is 1. The summed E-state index contributed by atoms with van der Waals surface area (Å²) in [7, 11) is 2.10. The number of carbonyl (C=O) groups is 1. The normalized spacial score (nSPS) is 15.2. The van der Waals surface area contributed by atoms with Gasteiger partial charge >= 0.3 is 0 Å². The van der Waals surface area contributed by atoms with E-state index in [0.29, 0.717) is 21.5 Å². The zero-order valence-electron chi connectivity index (χ0n) is 17.4. The lowest BCUT2D eigenvalue weighted by Gasteiger charge is -2.28. The molecule has 1 aromatic carbocycles. The summed E-state index contributed by atoms with van der Waals surface area (Å²) in [6.07, 6.45) is 5.35. The van der Waals surface area contributed by atoms with Crippen LogP contribution < -0.4 is 5.32 Å². The second kappa shape index (κ2) is 8.94. The standard InChI is InChI=1S/C21H24N8OS/c1-13(22)31-20(23)14-3-4-15-11-24-19(10-16(15)9-14)25-21(30)18-12-29(27-26-18)17-5-7-28(2)8-6-17/h3-4,9-12,17,22-23H,5-8H2,1-2H3,(H,24,25,30). The van der Waals surface area contributed by atoms with Crippen LogP contribution in [-0.4, -0.2) is 61.0 Å². The zero-order valence-corrected chi connectivity index (χ0v) is 18.2. The SMILES string of the molecule is CC(=N)SC(=N)c1ccc2cnc(NC(=O)c3cn(C4CCN(C)CC4)nn3)cc2c1. The van der Waals surface area contributed by atoms with Crippen LogP contribution in [0.2, 0.25) is 0 Å². The Balaban J connectivity index is 1.48. The smallest absolute Gasteiger partial charge is 0.278 e. The molecule has 0 bridgehead atoms. The summed E-state index contributed by atoms with van der Waals surface area (Å²) in [5, 5.41) is 29.1. The molecule has 3 N–H and O–H groups in total. The Morgan fingerprint density at radius 2 is 1.97 bits per heavy atom. The molecule has 4 rings (SSSR count). The summed E-state index contributed by atoms with van der Waals surface area (Å²) in [6, 6.07) is 7.61. The van der Waals surface area contributed by atoms with Crippen molar-refractivity contribution in [3.63, 3.8) is 0 Å². The Morgan fingerprint density at radius 3 is 2.71 bits per heavy atom. The van der Waals surface area contributed by atoms with Gasteiger partial charge in [-0.2, -0.15) is 0 Å². The van der Waals surface area contributed by atoms with Gasteiger partial charge in [0.15, 0.2) is 5.69 Å². The first-order valence-electron chi connectivity index (χ1n) is 10.0. The van der Waals surface area contributed by atoms with E-state index in [1.807, 2.05) is 18.2 Å². The summed E-state index contributed by atoms with van der Waals surface area (Å²) in [4.78, 5) is 19.3. The second-order valence-corrected chi connectivity index (χ2v) is 8.92. The van der Waals surface area contributed by atoms with Gasteiger partial charge in [0.2, 0.25) is 0 Å². The van der Waals surface area contributed by atoms with E-state index in [9.17, 15) is 4.79 Å². The molecule has 2 aromatic heterocycles. The number of aromatic nitrogens is 4. The van der Waals surface area contributed by atoms with Crippen molar-refractivity contribution in [1.29, 1.82) is 10.8 Å². The van der Waals surface area contributed by atoms with Crippen LogP contribution in [0.1, 0.15) is 41.9 Å². The monoisotopic (exact) mass is 436 g/mol. The number of likely N-dealkylation sites (tertiary alicyclic amines) is 1. The Morgan fingerprint density at radius 1 is 1.19 bits per heavy atom. The molecule has 0 aliphatic carbocycles. The van der Waals surface area contributed by atoms with Gasteiger partial charge < -0.3 is 10.2 Å². The number of rotatable bonds is 4. The average Bonchev–Trinajstić information content (AvgIpc) is 3.24. The minimum Gasteiger partial charge on any atom is -0.306 e. The first kappa shape index (κ1) is 21.1. The quantitative estimate of drug-likeness (QED) is 0.425. The molecule has 1 fully saturated rings. The lowest BCUT2D eigenvalue weighted by molar-refractivity contribution is 0.102. The minimum atomic E-state index is -0.357. The van der Waals surface area contributed by atoms with Crippen molar-refractivity contribution >= 4 is 44.3 Å². The number of hydrogen-bond acceptors (Lipinski definition) is 8. The van der Waals surface area contributed by atoms with Crippen LogP contribution in [0, 0.1) is 10.8 Å². The number of pyridine rings is 1. The fourth-order valence-electron chi connectivity index (χ4n) is 3.56. The van der Waals surface area contributed by atoms with E-state index < -0.39 is 0 Å². The maximum atomic E-state index is 12.7. The summed E-state index contributed by atoms with van der Waals surface area (Å²) in [6.45, 7) is 3.66. The lowest BCUT2D eigenvalue weighted by Crippen LogP contribution is -2.31. The Kier molecular flexibility index (Phi) is 6.10. The van der Waals surface area contributed by atoms with Crippen molar-refractivity contribution in [2.24, 2.45) is 0 Å². The summed E-state index contributed by atoms with van der Waals surface area (Å²) in [5.74, 6) is 0.0517. The molecular formula is C21H24N8OS. The van der Waals surface area contributed by atoms with E-state index >= 15 is 0 Å². The van der Waals surface area contributed by atoms with Gasteiger partial charge in [-0.05, 0) is 57.4 Å². The summed E-state index contributed by atoms with van der Waals surface area (Å²) >= 11 is 1.10. The molecule has 0 atom stereocenters. The highest BCUT2D eigenvalue weighted by Gasteiger charge is 2.21. The van der Waals surface area contributed by atoms with Gasteiger partial charge in [0.25, 0.3) is 5.91 Å². The summed E-state index contributed by atoms with van der Waals surface area (Å²) in [5.41, 5.74) is 0.975. The third-order valence-corrected chi connectivity index (χ3v) is 6.03. The van der Waals surface area contributed by atoms with Crippen molar-refractivity contribution in [1.82, 2.24) is 24.9 Å². The van der Waals surface area contributed by atoms with E-state index in [-0.39, 0.29) is 17.6 Å². The van der Waals surface area contributed by atoms with Gasteiger partial charge in [0, 0.05) is 17.1 Å². The van der Waals surface area contributed by atoms with E-state index in [0.717, 1.165) is 48.5 Å². The zero-order chi connectivity index (χ0) is 22.0. The predicted octanol–water partition coefficient (Wildman–Crippen LogP) is 3.40. The topological polar surface area (TPSA) is 124 Å². The van der Waals surface area contributed by atoms with Gasteiger partial charge in [0.05, 0.1) is 17.3 Å². The third kappa shape index (κ3) is 4.97. The number of thioether (sulfide) groups is 1. The highest BCUT2D eigenvalue weighted by Crippen LogP contribution is 2.23. The first-order valence-corrected chi connectivity index (χ1v) is 10.8. The van der Waals surface area contributed by atoms with Gasteiger partial charge in [-0.1, -0.05) is 29.1 Å². The maximum Gasteiger partial charge on any atom is 0.278 e. The summed E-state index contributed by atoms with van der Waals surface area (Å²) < 4.78 is 1.79. The largest absolute Gasteiger partial charge is 0.306 e. The van der Waals surface area contributed by atoms with Crippen molar-refractivity contribution in [3.05, 3.63) is 47.9 Å². The van der Waals surface area contributed by atoms with Crippen LogP contribution >= 0.6 is 11.8 Å². The maximum absolute atomic E-state index is 12.7. The number of nitrogens with one attached hydrogen (secondary N) is 3. The Labute approximate surface area is 184 Å². The van der Waals surface area contributed by atoms with Crippen LogP contribution in [0.3, 0.4) is 0 Å². The molecule has 0 spiro atoms. The fraction of sp³-hybridized carbons (Fsp3) is 0.333. The molecule has 160 valence electrons. The van der Waals surface area contributed by atoms with Gasteiger partial charge in [-0.3, -0.25) is 15.6 Å². The van der Waals surface area contributed by atoms with E-state index in [2.05, 4.69) is 32.6 Å². The van der Waals surface area contributed by atoms with E-state index in [1.54, 1.807) is 30.1 Å². The number of carbonyl (C=O) groups excluding carboxylic acids is 1. The van der Waals surface area contributed by atoms with Crippen molar-refractivity contribution in [3.8, 4) is 0 Å². The van der Waals surface area contributed by atoms with Crippen molar-refractivity contribution in [2.45, 2.75) is 25.8 Å². The Bertz CT molecular complexity index is 1150. The van der Waals surface area contributed by atoms with Crippen LogP contribution in [0.4, 0.5) is 5.82 Å². The van der Waals surface area contributed by atoms with Gasteiger partial charge in [-0.15, -0.1) is 5.10 Å². The number of amides is 1. The predicted molar refractivity (Wildman–Crippen MR) is 123 cm³/mol. The van der Waals surface area contributed by atoms with E-state index in [4.69, 9.17) is 10.8 Å². The highest BCUT2D eigenvalue weighted by molar-refractivity contribution is 8.26. The van der Waals surface area contributed by atoms with Crippen molar-refractivity contribution in [2.75, 3.05) is 25.5 Å². The minimum absolute atomic E-state index is 0.259. The third-order valence-electron chi connectivity index (χ3n) is 5.29. The highest BCUT2D eigenvalue weighted by atomic mass is 32.2. The first-order chi connectivity index (χ1) is 14.9. The van der Waals surface area contributed by atoms with Crippen LogP contribution in [-0.2, 0) is 0 Å². The Hall–Kier alpha value is -3.11. The van der Waals surface area contributed by atoms with Crippen LogP contribution in [0.5, 0.6) is 0 Å². The molecule has 1 saturated heterocycles. The molecule has 3 heterocycles. The van der Waals surface area contributed by atoms with Crippen LogP contribution in [0.15, 0.2) is 36.7 Å². The molecule has 0 saturated carbocycles.